The van der Waals surface area contributed by atoms with Crippen molar-refractivity contribution in [1.82, 2.24) is 15.4 Å². The SMILES string of the molecule is CCn1c(C)cc(C(=O)NNC(=O)CN2CCCc3ccccc32)c1C. The predicted octanol–water partition coefficient (Wildman–Crippen LogP) is 2.34. The van der Waals surface area contributed by atoms with Crippen molar-refractivity contribution in [3.05, 3.63) is 52.8 Å². The molecule has 2 heterocycles. The van der Waals surface area contributed by atoms with Gasteiger partial charge < -0.3 is 9.47 Å². The van der Waals surface area contributed by atoms with Crippen LogP contribution in [-0.2, 0) is 17.8 Å². The third-order valence-corrected chi connectivity index (χ3v) is 4.99. The van der Waals surface area contributed by atoms with Crippen LogP contribution >= 0.6 is 0 Å². The van der Waals surface area contributed by atoms with Crippen molar-refractivity contribution in [2.75, 3.05) is 18.0 Å². The summed E-state index contributed by atoms with van der Waals surface area (Å²) >= 11 is 0. The summed E-state index contributed by atoms with van der Waals surface area (Å²) in [5.41, 5.74) is 9.98. The number of rotatable bonds is 4. The number of hydrazine groups is 1. The van der Waals surface area contributed by atoms with E-state index in [2.05, 4.69) is 26.4 Å². The molecular formula is C20H26N4O2. The van der Waals surface area contributed by atoms with Gasteiger partial charge in [0.1, 0.15) is 0 Å². The molecule has 0 saturated heterocycles. The van der Waals surface area contributed by atoms with Crippen LogP contribution in [0, 0.1) is 13.8 Å². The summed E-state index contributed by atoms with van der Waals surface area (Å²) in [7, 11) is 0. The lowest BCUT2D eigenvalue weighted by molar-refractivity contribution is -0.120. The summed E-state index contributed by atoms with van der Waals surface area (Å²) in [6.45, 7) is 7.81. The Labute approximate surface area is 154 Å². The average molecular weight is 354 g/mol. The van der Waals surface area contributed by atoms with E-state index in [4.69, 9.17) is 0 Å². The van der Waals surface area contributed by atoms with Crippen LogP contribution in [0.5, 0.6) is 0 Å². The third kappa shape index (κ3) is 3.59. The molecule has 1 aliphatic heterocycles. The quantitative estimate of drug-likeness (QED) is 0.828. The minimum atomic E-state index is -0.287. The fourth-order valence-electron chi connectivity index (χ4n) is 3.70. The fraction of sp³-hybridized carbons (Fsp3) is 0.400. The Morgan fingerprint density at radius 1 is 1.15 bits per heavy atom. The number of para-hydroxylation sites is 1. The highest BCUT2D eigenvalue weighted by molar-refractivity contribution is 5.97. The van der Waals surface area contributed by atoms with Crippen molar-refractivity contribution in [3.8, 4) is 0 Å². The highest BCUT2D eigenvalue weighted by Crippen LogP contribution is 2.26. The smallest absolute Gasteiger partial charge is 0.271 e. The van der Waals surface area contributed by atoms with E-state index in [-0.39, 0.29) is 18.4 Å². The van der Waals surface area contributed by atoms with Crippen LogP contribution < -0.4 is 15.8 Å². The number of nitrogens with zero attached hydrogens (tertiary/aromatic N) is 2. The number of carbonyl (C=O) groups excluding carboxylic acids is 2. The van der Waals surface area contributed by atoms with E-state index in [9.17, 15) is 9.59 Å². The van der Waals surface area contributed by atoms with Crippen LogP contribution in [0.15, 0.2) is 30.3 Å². The molecule has 0 aliphatic carbocycles. The highest BCUT2D eigenvalue weighted by atomic mass is 16.2. The molecule has 26 heavy (non-hydrogen) atoms. The van der Waals surface area contributed by atoms with Gasteiger partial charge >= 0.3 is 0 Å². The monoisotopic (exact) mass is 354 g/mol. The maximum Gasteiger partial charge on any atom is 0.271 e. The van der Waals surface area contributed by atoms with E-state index in [0.29, 0.717) is 5.56 Å². The second-order valence-corrected chi connectivity index (χ2v) is 6.69. The van der Waals surface area contributed by atoms with Gasteiger partial charge in [0.25, 0.3) is 11.8 Å². The number of carbonyl (C=O) groups is 2. The van der Waals surface area contributed by atoms with Gasteiger partial charge in [-0.1, -0.05) is 18.2 Å². The van der Waals surface area contributed by atoms with Gasteiger partial charge in [-0.05, 0) is 51.3 Å². The number of hydrogen-bond donors (Lipinski definition) is 2. The van der Waals surface area contributed by atoms with Crippen LogP contribution in [0.2, 0.25) is 0 Å². The summed E-state index contributed by atoms with van der Waals surface area (Å²) in [4.78, 5) is 26.7. The minimum absolute atomic E-state index is 0.223. The van der Waals surface area contributed by atoms with Crippen LogP contribution in [0.25, 0.3) is 0 Å². The lowest BCUT2D eigenvalue weighted by Crippen LogP contribution is -2.47. The maximum absolute atomic E-state index is 12.4. The standard InChI is InChI=1S/C20H26N4O2/c1-4-24-14(2)12-17(15(24)3)20(26)22-21-19(25)13-23-11-7-9-16-8-5-6-10-18(16)23/h5-6,8,10,12H,4,7,9,11,13H2,1-3H3,(H,21,25)(H,22,26). The van der Waals surface area contributed by atoms with Gasteiger partial charge in [-0.3, -0.25) is 20.4 Å². The maximum atomic E-state index is 12.4. The molecule has 1 aromatic heterocycles. The molecule has 0 spiro atoms. The second-order valence-electron chi connectivity index (χ2n) is 6.69. The Bertz CT molecular complexity index is 825. The van der Waals surface area contributed by atoms with E-state index in [0.717, 1.165) is 43.0 Å². The van der Waals surface area contributed by atoms with Crippen LogP contribution in [-0.4, -0.2) is 29.5 Å². The number of aromatic nitrogens is 1. The zero-order valence-corrected chi connectivity index (χ0v) is 15.6. The molecule has 2 N–H and O–H groups in total. The van der Waals surface area contributed by atoms with Gasteiger partial charge in [-0.2, -0.15) is 0 Å². The number of nitrogens with one attached hydrogen (secondary N) is 2. The van der Waals surface area contributed by atoms with Crippen molar-refractivity contribution < 1.29 is 9.59 Å². The first-order chi connectivity index (χ1) is 12.5. The Hall–Kier alpha value is -2.76. The third-order valence-electron chi connectivity index (χ3n) is 4.99. The molecule has 0 unspecified atom stereocenters. The van der Waals surface area contributed by atoms with E-state index < -0.39 is 0 Å². The molecular weight excluding hydrogens is 328 g/mol. The zero-order chi connectivity index (χ0) is 18.7. The molecule has 1 aromatic carbocycles. The normalized spacial score (nSPS) is 13.3. The van der Waals surface area contributed by atoms with E-state index in [1.165, 1.54) is 5.56 Å². The summed E-state index contributed by atoms with van der Waals surface area (Å²) in [6, 6.07) is 10.0. The molecule has 3 rings (SSSR count). The van der Waals surface area contributed by atoms with Gasteiger partial charge in [0, 0.05) is 30.2 Å². The summed E-state index contributed by atoms with van der Waals surface area (Å²) in [5.74, 6) is -0.510. The number of benzene rings is 1. The molecule has 2 amide bonds. The summed E-state index contributed by atoms with van der Waals surface area (Å²) in [5, 5.41) is 0. The van der Waals surface area contributed by atoms with E-state index >= 15 is 0 Å². The van der Waals surface area contributed by atoms with Gasteiger partial charge in [0.05, 0.1) is 12.1 Å². The van der Waals surface area contributed by atoms with Crippen molar-refractivity contribution in [2.24, 2.45) is 0 Å². The molecule has 138 valence electrons. The minimum Gasteiger partial charge on any atom is -0.362 e. The lowest BCUT2D eigenvalue weighted by Gasteiger charge is -2.30. The molecule has 2 aromatic rings. The van der Waals surface area contributed by atoms with E-state index in [1.54, 1.807) is 0 Å². The van der Waals surface area contributed by atoms with Gasteiger partial charge in [-0.25, -0.2) is 0 Å². The molecule has 1 aliphatic rings. The second kappa shape index (κ2) is 7.64. The number of anilines is 1. The lowest BCUT2D eigenvalue weighted by atomic mass is 10.0. The molecule has 0 atom stereocenters. The fourth-order valence-corrected chi connectivity index (χ4v) is 3.70. The number of hydrogen-bond acceptors (Lipinski definition) is 3. The zero-order valence-electron chi connectivity index (χ0n) is 15.6. The van der Waals surface area contributed by atoms with Crippen molar-refractivity contribution in [3.63, 3.8) is 0 Å². The van der Waals surface area contributed by atoms with Crippen LogP contribution in [0.3, 0.4) is 0 Å². The molecule has 0 saturated carbocycles. The van der Waals surface area contributed by atoms with Crippen LogP contribution in [0.4, 0.5) is 5.69 Å². The Balaban J connectivity index is 1.59. The first kappa shape index (κ1) is 18.0. The summed E-state index contributed by atoms with van der Waals surface area (Å²) in [6.07, 6.45) is 2.07. The highest BCUT2D eigenvalue weighted by Gasteiger charge is 2.20. The Morgan fingerprint density at radius 3 is 2.65 bits per heavy atom. The summed E-state index contributed by atoms with van der Waals surface area (Å²) < 4.78 is 2.07. The molecule has 0 radical (unpaired) electrons. The Kier molecular flexibility index (Phi) is 5.30. The Morgan fingerprint density at radius 2 is 1.92 bits per heavy atom. The average Bonchev–Trinajstić information content (AvgIpc) is 2.93. The van der Waals surface area contributed by atoms with Crippen LogP contribution in [0.1, 0.15) is 40.7 Å². The number of amides is 2. The van der Waals surface area contributed by atoms with E-state index in [1.807, 2.05) is 45.0 Å². The van der Waals surface area contributed by atoms with Crippen molar-refractivity contribution in [2.45, 2.75) is 40.2 Å². The largest absolute Gasteiger partial charge is 0.362 e. The van der Waals surface area contributed by atoms with Gasteiger partial charge in [0.2, 0.25) is 0 Å². The molecule has 0 fully saturated rings. The molecule has 0 bridgehead atoms. The number of aryl methyl sites for hydroxylation is 2. The first-order valence-electron chi connectivity index (χ1n) is 9.10. The van der Waals surface area contributed by atoms with Gasteiger partial charge in [0.15, 0.2) is 0 Å². The molecule has 6 nitrogen and oxygen atoms in total. The molecule has 6 heteroatoms. The van der Waals surface area contributed by atoms with Gasteiger partial charge in [-0.15, -0.1) is 0 Å². The van der Waals surface area contributed by atoms with Crippen molar-refractivity contribution >= 4 is 17.5 Å². The topological polar surface area (TPSA) is 66.4 Å². The first-order valence-corrected chi connectivity index (χ1v) is 9.10. The predicted molar refractivity (Wildman–Crippen MR) is 102 cm³/mol. The number of fused-ring (bicyclic) bond motifs is 1. The van der Waals surface area contributed by atoms with Crippen molar-refractivity contribution in [1.29, 1.82) is 0 Å².